The molecule has 142 valence electrons. The van der Waals surface area contributed by atoms with Crippen LogP contribution in [0.1, 0.15) is 44.4 Å². The number of aliphatic hydroxyl groups is 1. The third-order valence-electron chi connectivity index (χ3n) is 3.43. The molecule has 2 rings (SSSR count). The fourth-order valence-corrected chi connectivity index (χ4v) is 2.25. The van der Waals surface area contributed by atoms with Gasteiger partial charge in [-0.3, -0.25) is 0 Å². The fraction of sp³-hybridized carbons (Fsp3) is 0.350. The lowest BCUT2D eigenvalue weighted by Gasteiger charge is -2.20. The highest BCUT2D eigenvalue weighted by molar-refractivity contribution is 5.67. The zero-order chi connectivity index (χ0) is 19.9. The summed E-state index contributed by atoms with van der Waals surface area (Å²) in [5, 5.41) is 22.0. The van der Waals surface area contributed by atoms with Crippen LogP contribution < -0.4 is 10.1 Å². The molecule has 0 aliphatic carbocycles. The van der Waals surface area contributed by atoms with E-state index in [1.807, 2.05) is 6.07 Å². The number of nitriles is 1. The van der Waals surface area contributed by atoms with Crippen LogP contribution in [-0.4, -0.2) is 28.3 Å². The summed E-state index contributed by atoms with van der Waals surface area (Å²) in [7, 11) is 0. The number of rotatable bonds is 6. The third-order valence-corrected chi connectivity index (χ3v) is 3.43. The van der Waals surface area contributed by atoms with Crippen molar-refractivity contribution in [3.05, 3.63) is 53.7 Å². The Hall–Kier alpha value is -3.11. The first-order chi connectivity index (χ1) is 12.8. The Morgan fingerprint density at radius 3 is 2.81 bits per heavy atom. The van der Waals surface area contributed by atoms with Crippen LogP contribution >= 0.6 is 0 Å². The number of nitrogens with zero attached hydrogens (tertiary/aromatic N) is 2. The van der Waals surface area contributed by atoms with Crippen molar-refractivity contribution < 1.29 is 19.4 Å². The first-order valence-electron chi connectivity index (χ1n) is 8.56. The number of carbonyl (C=O) groups is 1. The monoisotopic (exact) mass is 369 g/mol. The minimum absolute atomic E-state index is 0.207. The molecule has 7 heteroatoms. The highest BCUT2D eigenvalue weighted by Crippen LogP contribution is 2.26. The van der Waals surface area contributed by atoms with Crippen LogP contribution in [0.2, 0.25) is 0 Å². The summed E-state index contributed by atoms with van der Waals surface area (Å²) in [6.07, 6.45) is 0.543. The Morgan fingerprint density at radius 2 is 2.11 bits per heavy atom. The molecule has 27 heavy (non-hydrogen) atoms. The number of aliphatic hydroxyl groups excluding tert-OH is 1. The molecule has 0 spiro atoms. The number of hydrogen-bond acceptors (Lipinski definition) is 6. The van der Waals surface area contributed by atoms with Gasteiger partial charge in [-0.15, -0.1) is 0 Å². The van der Waals surface area contributed by atoms with E-state index < -0.39 is 17.8 Å². The number of carbonyl (C=O) groups excluding carboxylic acids is 1. The molecule has 1 heterocycles. The smallest absolute Gasteiger partial charge is 0.407 e. The summed E-state index contributed by atoms with van der Waals surface area (Å²) in [6, 6.07) is 12.2. The van der Waals surface area contributed by atoms with Gasteiger partial charge in [0.2, 0.25) is 5.88 Å². The van der Waals surface area contributed by atoms with Crippen LogP contribution in [0, 0.1) is 11.3 Å². The number of aromatic nitrogens is 1. The topological polar surface area (TPSA) is 104 Å². The first-order valence-corrected chi connectivity index (χ1v) is 8.56. The molecule has 0 saturated carbocycles. The zero-order valence-corrected chi connectivity index (χ0v) is 15.6. The Bertz CT molecular complexity index is 824. The molecule has 1 aromatic carbocycles. The summed E-state index contributed by atoms with van der Waals surface area (Å²) in [4.78, 5) is 15.7. The number of amides is 1. The molecule has 0 aliphatic rings. The molecule has 1 atom stereocenters. The average Bonchev–Trinajstić information content (AvgIpc) is 2.61. The SMILES string of the molecule is CC(C)(C)OC(=O)NCCC(O)c1cccc(Oc2ncccc2C#N)c1. The minimum atomic E-state index is -0.789. The van der Waals surface area contributed by atoms with E-state index in [2.05, 4.69) is 10.3 Å². The highest BCUT2D eigenvalue weighted by Gasteiger charge is 2.16. The third kappa shape index (κ3) is 6.60. The predicted molar refractivity (Wildman–Crippen MR) is 99.3 cm³/mol. The van der Waals surface area contributed by atoms with Crippen molar-refractivity contribution in [2.24, 2.45) is 0 Å². The van der Waals surface area contributed by atoms with E-state index in [0.717, 1.165) is 0 Å². The fourth-order valence-electron chi connectivity index (χ4n) is 2.25. The largest absolute Gasteiger partial charge is 0.444 e. The minimum Gasteiger partial charge on any atom is -0.444 e. The predicted octanol–water partition coefficient (Wildman–Crippen LogP) is 3.69. The molecule has 1 amide bonds. The molecular weight excluding hydrogens is 346 g/mol. The number of benzene rings is 1. The van der Waals surface area contributed by atoms with Crippen molar-refractivity contribution >= 4 is 6.09 Å². The Balaban J connectivity index is 1.94. The standard InChI is InChI=1S/C20H23N3O4/c1-20(2,3)27-19(25)23-11-9-17(24)14-6-4-8-16(12-14)26-18-15(13-21)7-5-10-22-18/h4-8,10,12,17,24H,9,11H2,1-3H3,(H,23,25). The molecule has 1 aromatic heterocycles. The average molecular weight is 369 g/mol. The molecule has 2 aromatic rings. The maximum Gasteiger partial charge on any atom is 0.407 e. The Kier molecular flexibility index (Phi) is 6.74. The number of hydrogen-bond donors (Lipinski definition) is 2. The summed E-state index contributed by atoms with van der Waals surface area (Å²) in [6.45, 7) is 5.62. The molecular formula is C20H23N3O4. The van der Waals surface area contributed by atoms with Crippen molar-refractivity contribution in [2.45, 2.75) is 38.9 Å². The second-order valence-electron chi connectivity index (χ2n) is 6.88. The van der Waals surface area contributed by atoms with Gasteiger partial charge in [0.05, 0.1) is 6.10 Å². The van der Waals surface area contributed by atoms with Gasteiger partial charge in [-0.1, -0.05) is 12.1 Å². The van der Waals surface area contributed by atoms with E-state index in [9.17, 15) is 9.90 Å². The van der Waals surface area contributed by atoms with Gasteiger partial charge in [0.25, 0.3) is 0 Å². The zero-order valence-electron chi connectivity index (χ0n) is 15.6. The normalized spacial score (nSPS) is 12.0. The lowest BCUT2D eigenvalue weighted by molar-refractivity contribution is 0.0518. The molecule has 0 radical (unpaired) electrons. The van der Waals surface area contributed by atoms with Crippen molar-refractivity contribution in [2.75, 3.05) is 6.54 Å². The maximum absolute atomic E-state index is 11.6. The Labute approximate surface area is 158 Å². The quantitative estimate of drug-likeness (QED) is 0.804. The van der Waals surface area contributed by atoms with Crippen molar-refractivity contribution in [3.8, 4) is 17.7 Å². The first kappa shape index (κ1) is 20.2. The van der Waals surface area contributed by atoms with E-state index in [0.29, 0.717) is 23.3 Å². The van der Waals surface area contributed by atoms with Gasteiger partial charge < -0.3 is 19.9 Å². The lowest BCUT2D eigenvalue weighted by Crippen LogP contribution is -2.33. The summed E-state index contributed by atoms with van der Waals surface area (Å²) >= 11 is 0. The van der Waals surface area contributed by atoms with Crippen LogP contribution in [0.5, 0.6) is 11.6 Å². The highest BCUT2D eigenvalue weighted by atomic mass is 16.6. The van der Waals surface area contributed by atoms with Gasteiger partial charge in [-0.05, 0) is 57.0 Å². The number of ether oxygens (including phenoxy) is 2. The van der Waals surface area contributed by atoms with Gasteiger partial charge in [-0.2, -0.15) is 5.26 Å². The van der Waals surface area contributed by atoms with Gasteiger partial charge >= 0.3 is 6.09 Å². The van der Waals surface area contributed by atoms with Crippen molar-refractivity contribution in [3.63, 3.8) is 0 Å². The van der Waals surface area contributed by atoms with Gasteiger partial charge in [0.1, 0.15) is 23.0 Å². The van der Waals surface area contributed by atoms with Crippen LogP contribution in [0.3, 0.4) is 0 Å². The van der Waals surface area contributed by atoms with Crippen molar-refractivity contribution in [1.82, 2.24) is 10.3 Å². The van der Waals surface area contributed by atoms with Gasteiger partial charge in [0, 0.05) is 12.7 Å². The molecule has 1 unspecified atom stereocenters. The lowest BCUT2D eigenvalue weighted by atomic mass is 10.1. The molecule has 0 saturated heterocycles. The second kappa shape index (κ2) is 9.01. The van der Waals surface area contributed by atoms with Crippen LogP contribution in [0.4, 0.5) is 4.79 Å². The summed E-state index contributed by atoms with van der Waals surface area (Å²) < 4.78 is 10.8. The molecule has 0 aliphatic heterocycles. The van der Waals surface area contributed by atoms with Crippen LogP contribution in [-0.2, 0) is 4.74 Å². The van der Waals surface area contributed by atoms with Crippen LogP contribution in [0.15, 0.2) is 42.6 Å². The van der Waals surface area contributed by atoms with E-state index in [1.165, 1.54) is 6.20 Å². The summed E-state index contributed by atoms with van der Waals surface area (Å²) in [5.41, 5.74) is 0.389. The van der Waals surface area contributed by atoms with E-state index in [1.54, 1.807) is 57.2 Å². The number of pyridine rings is 1. The Morgan fingerprint density at radius 1 is 1.33 bits per heavy atom. The number of nitrogens with one attached hydrogen (secondary N) is 1. The maximum atomic E-state index is 11.6. The summed E-state index contributed by atoms with van der Waals surface area (Å²) in [5.74, 6) is 0.667. The molecule has 0 fully saturated rings. The van der Waals surface area contributed by atoms with E-state index in [-0.39, 0.29) is 12.4 Å². The van der Waals surface area contributed by atoms with E-state index >= 15 is 0 Å². The second-order valence-corrected chi connectivity index (χ2v) is 6.88. The van der Waals surface area contributed by atoms with Gasteiger partial charge in [-0.25, -0.2) is 9.78 Å². The van der Waals surface area contributed by atoms with E-state index in [4.69, 9.17) is 14.7 Å². The molecule has 0 bridgehead atoms. The molecule has 2 N–H and O–H groups in total. The van der Waals surface area contributed by atoms with Crippen molar-refractivity contribution in [1.29, 1.82) is 5.26 Å². The van der Waals surface area contributed by atoms with Gasteiger partial charge in [0.15, 0.2) is 0 Å². The van der Waals surface area contributed by atoms with Crippen LogP contribution in [0.25, 0.3) is 0 Å². The number of alkyl carbamates (subject to hydrolysis) is 1. The molecule has 7 nitrogen and oxygen atoms in total.